The van der Waals surface area contributed by atoms with Crippen LogP contribution in [0.2, 0.25) is 0 Å². The number of carbonyl (C=O) groups excluding carboxylic acids is 2. The van der Waals surface area contributed by atoms with E-state index in [1.54, 1.807) is 31.2 Å². The second kappa shape index (κ2) is 7.99. The number of nitrogens with one attached hydrogen (secondary N) is 1. The van der Waals surface area contributed by atoms with Gasteiger partial charge in [0.2, 0.25) is 5.91 Å². The number of ether oxygens (including phenoxy) is 1. The van der Waals surface area contributed by atoms with E-state index in [9.17, 15) is 19.7 Å². The Bertz CT molecular complexity index is 867. The first-order valence-electron chi connectivity index (χ1n) is 8.40. The van der Waals surface area contributed by atoms with Gasteiger partial charge in [0.05, 0.1) is 4.92 Å². The number of hydrogen-bond acceptors (Lipinski definition) is 5. The molecular formula is C20H22N2O5. The number of anilines is 1. The Morgan fingerprint density at radius 3 is 2.26 bits per heavy atom. The lowest BCUT2D eigenvalue weighted by atomic mass is 9.95. The van der Waals surface area contributed by atoms with Crippen molar-refractivity contribution in [2.45, 2.75) is 27.7 Å². The minimum absolute atomic E-state index is 0.00145. The van der Waals surface area contributed by atoms with E-state index in [1.165, 1.54) is 18.2 Å². The first-order chi connectivity index (χ1) is 12.6. The van der Waals surface area contributed by atoms with Crippen LogP contribution in [0.5, 0.6) is 5.75 Å². The molecule has 0 atom stereocenters. The minimum atomic E-state index is -0.509. The zero-order valence-corrected chi connectivity index (χ0v) is 15.7. The summed E-state index contributed by atoms with van der Waals surface area (Å²) < 4.78 is 5.44. The highest BCUT2D eigenvalue weighted by Gasteiger charge is 2.21. The van der Waals surface area contributed by atoms with Crippen LogP contribution in [0.15, 0.2) is 42.5 Å². The molecule has 2 aromatic carbocycles. The normalized spacial score (nSPS) is 11.0. The smallest absolute Gasteiger partial charge is 0.272 e. The standard InChI is InChI=1S/C20H22N2O5/c1-13-11-16(9-10-17(13)22(25)26)27-12-18(23)14-5-7-15(8-6-14)21-19(24)20(2,3)4/h5-11H,12H2,1-4H3,(H,21,24). The lowest BCUT2D eigenvalue weighted by Gasteiger charge is -2.17. The molecule has 0 unspecified atom stereocenters. The van der Waals surface area contributed by atoms with Crippen molar-refractivity contribution in [3.8, 4) is 5.75 Å². The fourth-order valence-corrected chi connectivity index (χ4v) is 2.21. The molecule has 0 aliphatic carbocycles. The van der Waals surface area contributed by atoms with Crippen molar-refractivity contribution >= 4 is 23.1 Å². The molecule has 0 saturated heterocycles. The summed E-state index contributed by atoms with van der Waals surface area (Å²) in [5.74, 6) is 0.0404. The average Bonchev–Trinajstić information content (AvgIpc) is 2.59. The van der Waals surface area contributed by atoms with Gasteiger partial charge in [-0.1, -0.05) is 20.8 Å². The maximum absolute atomic E-state index is 12.3. The highest BCUT2D eigenvalue weighted by molar-refractivity contribution is 5.98. The summed E-state index contributed by atoms with van der Waals surface area (Å²) in [6.45, 7) is 6.87. The molecule has 0 heterocycles. The number of nitro benzene ring substituents is 1. The van der Waals surface area contributed by atoms with Gasteiger partial charge < -0.3 is 10.1 Å². The molecule has 0 bridgehead atoms. The number of nitro groups is 1. The lowest BCUT2D eigenvalue weighted by molar-refractivity contribution is -0.385. The van der Waals surface area contributed by atoms with Crippen LogP contribution in [0.3, 0.4) is 0 Å². The van der Waals surface area contributed by atoms with Crippen molar-refractivity contribution < 1.29 is 19.2 Å². The van der Waals surface area contributed by atoms with Crippen molar-refractivity contribution in [2.75, 3.05) is 11.9 Å². The molecule has 7 nitrogen and oxygen atoms in total. The van der Waals surface area contributed by atoms with Gasteiger partial charge in [-0.3, -0.25) is 19.7 Å². The summed E-state index contributed by atoms with van der Waals surface area (Å²) in [6.07, 6.45) is 0. The van der Waals surface area contributed by atoms with Crippen molar-refractivity contribution in [2.24, 2.45) is 5.41 Å². The fraction of sp³-hybridized carbons (Fsp3) is 0.300. The SMILES string of the molecule is Cc1cc(OCC(=O)c2ccc(NC(=O)C(C)(C)C)cc2)ccc1[N+](=O)[O-]. The van der Waals surface area contributed by atoms with Gasteiger partial charge in [0.25, 0.3) is 5.69 Å². The van der Waals surface area contributed by atoms with Gasteiger partial charge in [-0.15, -0.1) is 0 Å². The van der Waals surface area contributed by atoms with Crippen molar-refractivity contribution in [3.05, 3.63) is 63.7 Å². The lowest BCUT2D eigenvalue weighted by Crippen LogP contribution is -2.27. The van der Waals surface area contributed by atoms with Crippen LogP contribution in [0.25, 0.3) is 0 Å². The van der Waals surface area contributed by atoms with Crippen molar-refractivity contribution in [3.63, 3.8) is 0 Å². The molecule has 142 valence electrons. The third-order valence-electron chi connectivity index (χ3n) is 3.88. The van der Waals surface area contributed by atoms with Gasteiger partial charge in [0.1, 0.15) is 5.75 Å². The number of rotatable bonds is 6. The molecule has 0 radical (unpaired) electrons. The van der Waals surface area contributed by atoms with Crippen molar-refractivity contribution in [1.29, 1.82) is 0 Å². The van der Waals surface area contributed by atoms with E-state index in [4.69, 9.17) is 4.74 Å². The maximum atomic E-state index is 12.3. The Hall–Kier alpha value is -3.22. The van der Waals surface area contributed by atoms with E-state index < -0.39 is 10.3 Å². The first-order valence-corrected chi connectivity index (χ1v) is 8.40. The summed E-state index contributed by atoms with van der Waals surface area (Å²) in [5, 5.41) is 13.6. The molecule has 1 amide bonds. The number of Topliss-reactive ketones (excluding diaryl/α,β-unsaturated/α-hetero) is 1. The number of nitrogens with zero attached hydrogens (tertiary/aromatic N) is 1. The molecule has 2 rings (SSSR count). The average molecular weight is 370 g/mol. The van der Waals surface area contributed by atoms with Gasteiger partial charge in [-0.05, 0) is 43.3 Å². The summed E-state index contributed by atoms with van der Waals surface area (Å²) in [6, 6.07) is 10.9. The molecule has 0 aromatic heterocycles. The van der Waals surface area contributed by atoms with Crippen LogP contribution in [0, 0.1) is 22.5 Å². The second-order valence-electron chi connectivity index (χ2n) is 7.20. The number of hydrogen-bond donors (Lipinski definition) is 1. The van der Waals surface area contributed by atoms with Gasteiger partial charge in [0.15, 0.2) is 12.4 Å². The van der Waals surface area contributed by atoms with E-state index in [-0.39, 0.29) is 24.0 Å². The number of carbonyl (C=O) groups is 2. The molecule has 0 saturated carbocycles. The highest BCUT2D eigenvalue weighted by atomic mass is 16.6. The molecule has 1 N–H and O–H groups in total. The predicted octanol–water partition coefficient (Wildman–Crippen LogP) is 4.15. The van der Waals surface area contributed by atoms with Gasteiger partial charge in [-0.25, -0.2) is 0 Å². The van der Waals surface area contributed by atoms with Crippen LogP contribution in [0.4, 0.5) is 11.4 Å². The summed E-state index contributed by atoms with van der Waals surface area (Å²) >= 11 is 0. The van der Waals surface area contributed by atoms with Crippen LogP contribution in [-0.2, 0) is 4.79 Å². The summed E-state index contributed by atoms with van der Waals surface area (Å²) in [5.41, 5.74) is 1.01. The molecule has 0 spiro atoms. The Labute approximate surface area is 157 Å². The Morgan fingerprint density at radius 1 is 1.11 bits per heavy atom. The third kappa shape index (κ3) is 5.37. The Kier molecular flexibility index (Phi) is 5.95. The van der Waals surface area contributed by atoms with E-state index in [0.717, 1.165) is 0 Å². The van der Waals surface area contributed by atoms with E-state index in [0.29, 0.717) is 22.6 Å². The van der Waals surface area contributed by atoms with E-state index >= 15 is 0 Å². The quantitative estimate of drug-likeness (QED) is 0.468. The monoisotopic (exact) mass is 370 g/mol. The van der Waals surface area contributed by atoms with E-state index in [2.05, 4.69) is 5.32 Å². The van der Waals surface area contributed by atoms with Gasteiger partial charge >= 0.3 is 0 Å². The summed E-state index contributed by atoms with van der Waals surface area (Å²) in [7, 11) is 0. The van der Waals surface area contributed by atoms with E-state index in [1.807, 2.05) is 20.8 Å². The topological polar surface area (TPSA) is 98.5 Å². The third-order valence-corrected chi connectivity index (χ3v) is 3.88. The van der Waals surface area contributed by atoms with Crippen LogP contribution in [-0.4, -0.2) is 23.2 Å². The molecule has 0 fully saturated rings. The molecule has 27 heavy (non-hydrogen) atoms. The zero-order chi connectivity index (χ0) is 20.2. The van der Waals surface area contributed by atoms with Crippen LogP contribution in [0.1, 0.15) is 36.7 Å². The number of aryl methyl sites for hydroxylation is 1. The van der Waals surface area contributed by atoms with Gasteiger partial charge in [-0.2, -0.15) is 0 Å². The Morgan fingerprint density at radius 2 is 1.74 bits per heavy atom. The number of ketones is 1. The van der Waals surface area contributed by atoms with Crippen LogP contribution < -0.4 is 10.1 Å². The number of amides is 1. The molecule has 0 aliphatic rings. The van der Waals surface area contributed by atoms with Gasteiger partial charge in [0, 0.05) is 28.3 Å². The largest absolute Gasteiger partial charge is 0.485 e. The highest BCUT2D eigenvalue weighted by Crippen LogP contribution is 2.23. The van der Waals surface area contributed by atoms with Crippen LogP contribution >= 0.6 is 0 Å². The Balaban J connectivity index is 1.97. The first kappa shape index (κ1) is 20.1. The fourth-order valence-electron chi connectivity index (χ4n) is 2.21. The molecule has 0 aliphatic heterocycles. The molecular weight excluding hydrogens is 348 g/mol. The minimum Gasteiger partial charge on any atom is -0.485 e. The van der Waals surface area contributed by atoms with Crippen molar-refractivity contribution in [1.82, 2.24) is 0 Å². The second-order valence-corrected chi connectivity index (χ2v) is 7.20. The zero-order valence-electron chi connectivity index (χ0n) is 15.7. The maximum Gasteiger partial charge on any atom is 0.272 e. The number of benzene rings is 2. The molecule has 7 heteroatoms. The summed E-state index contributed by atoms with van der Waals surface area (Å²) in [4.78, 5) is 34.6. The predicted molar refractivity (Wildman–Crippen MR) is 102 cm³/mol. The molecule has 2 aromatic rings.